The minimum absolute atomic E-state index is 0.0106. The zero-order chi connectivity index (χ0) is 13.7. The number of para-hydroxylation sites is 1. The molecule has 1 N–H and O–H groups in total. The lowest BCUT2D eigenvalue weighted by atomic mass is 10.0. The summed E-state index contributed by atoms with van der Waals surface area (Å²) in [5.41, 5.74) is 0.744. The summed E-state index contributed by atoms with van der Waals surface area (Å²) in [4.78, 5) is 13.1. The highest BCUT2D eigenvalue weighted by Gasteiger charge is 2.19. The number of carboxylic acids is 1. The first kappa shape index (κ1) is 13.9. The van der Waals surface area contributed by atoms with Crippen molar-refractivity contribution in [2.24, 2.45) is 0 Å². The molecule has 1 heterocycles. The van der Waals surface area contributed by atoms with Crippen LogP contribution in [0.15, 0.2) is 24.3 Å². The first-order valence-corrected chi connectivity index (χ1v) is 6.79. The maximum Gasteiger partial charge on any atom is 0.307 e. The molecule has 0 aromatic heterocycles. The van der Waals surface area contributed by atoms with Crippen molar-refractivity contribution < 1.29 is 14.6 Å². The van der Waals surface area contributed by atoms with E-state index in [1.807, 2.05) is 24.3 Å². The van der Waals surface area contributed by atoms with Gasteiger partial charge in [-0.3, -0.25) is 4.79 Å². The minimum Gasteiger partial charge on any atom is -0.492 e. The molecule has 0 bridgehead atoms. The molecular formula is C15H21NO3. The Hall–Kier alpha value is -1.55. The largest absolute Gasteiger partial charge is 0.492 e. The van der Waals surface area contributed by atoms with Crippen LogP contribution in [-0.4, -0.2) is 42.2 Å². The molecule has 2 rings (SSSR count). The fraction of sp³-hybridized carbons (Fsp3) is 0.533. The highest BCUT2D eigenvalue weighted by molar-refractivity contribution is 5.71. The smallest absolute Gasteiger partial charge is 0.307 e. The zero-order valence-electron chi connectivity index (χ0n) is 11.3. The maximum atomic E-state index is 10.8. The number of benzene rings is 1. The molecule has 1 unspecified atom stereocenters. The van der Waals surface area contributed by atoms with Gasteiger partial charge in [-0.05, 0) is 32.5 Å². The summed E-state index contributed by atoms with van der Waals surface area (Å²) in [5.74, 6) is -0.130. The van der Waals surface area contributed by atoms with Crippen molar-refractivity contribution in [3.63, 3.8) is 0 Å². The van der Waals surface area contributed by atoms with Gasteiger partial charge in [-0.1, -0.05) is 24.6 Å². The van der Waals surface area contributed by atoms with Crippen molar-refractivity contribution in [2.75, 3.05) is 20.2 Å². The second-order valence-electron chi connectivity index (χ2n) is 5.12. The summed E-state index contributed by atoms with van der Waals surface area (Å²) in [6, 6.07) is 7.82. The Balaban J connectivity index is 1.96. The Morgan fingerprint density at radius 1 is 1.42 bits per heavy atom. The lowest BCUT2D eigenvalue weighted by molar-refractivity contribution is -0.136. The summed E-state index contributed by atoms with van der Waals surface area (Å²) in [6.45, 7) is 1.75. The van der Waals surface area contributed by atoms with E-state index in [4.69, 9.17) is 9.84 Å². The summed E-state index contributed by atoms with van der Waals surface area (Å²) in [6.07, 6.45) is 3.66. The average Bonchev–Trinajstić information content (AvgIpc) is 2.39. The van der Waals surface area contributed by atoms with Gasteiger partial charge in [0.05, 0.1) is 6.42 Å². The van der Waals surface area contributed by atoms with Gasteiger partial charge in [0.15, 0.2) is 0 Å². The Bertz CT molecular complexity index is 433. The Kier molecular flexibility index (Phi) is 4.80. The molecule has 1 atom stereocenters. The van der Waals surface area contributed by atoms with Gasteiger partial charge in [0.25, 0.3) is 0 Å². The molecule has 104 valence electrons. The van der Waals surface area contributed by atoms with Crippen LogP contribution in [0.2, 0.25) is 0 Å². The van der Waals surface area contributed by atoms with E-state index >= 15 is 0 Å². The fourth-order valence-corrected chi connectivity index (χ4v) is 2.49. The lowest BCUT2D eigenvalue weighted by Gasteiger charge is -2.32. The molecule has 19 heavy (non-hydrogen) atoms. The van der Waals surface area contributed by atoms with Gasteiger partial charge in [0.2, 0.25) is 0 Å². The first-order chi connectivity index (χ1) is 9.16. The normalized spacial score (nSPS) is 20.2. The van der Waals surface area contributed by atoms with Crippen LogP contribution in [0, 0.1) is 0 Å². The Morgan fingerprint density at radius 3 is 2.95 bits per heavy atom. The number of likely N-dealkylation sites (tertiary alicyclic amines) is 1. The molecule has 1 aromatic rings. The van der Waals surface area contributed by atoms with Crippen molar-refractivity contribution in [2.45, 2.75) is 31.7 Å². The van der Waals surface area contributed by atoms with Crippen LogP contribution in [0.25, 0.3) is 0 Å². The highest BCUT2D eigenvalue weighted by Crippen LogP contribution is 2.21. The van der Waals surface area contributed by atoms with Crippen molar-refractivity contribution in [1.29, 1.82) is 0 Å². The molecule has 1 aliphatic rings. The number of hydrogen-bond donors (Lipinski definition) is 1. The summed E-state index contributed by atoms with van der Waals surface area (Å²) >= 11 is 0. The Labute approximate surface area is 114 Å². The first-order valence-electron chi connectivity index (χ1n) is 6.79. The van der Waals surface area contributed by atoms with E-state index < -0.39 is 5.97 Å². The number of aliphatic carboxylic acids is 1. The van der Waals surface area contributed by atoms with Crippen LogP contribution in [0.1, 0.15) is 24.8 Å². The third-order valence-electron chi connectivity index (χ3n) is 3.67. The molecule has 4 nitrogen and oxygen atoms in total. The molecule has 4 heteroatoms. The molecule has 0 aliphatic carbocycles. The van der Waals surface area contributed by atoms with Crippen molar-refractivity contribution in [3.8, 4) is 5.75 Å². The van der Waals surface area contributed by atoms with Crippen LogP contribution < -0.4 is 4.74 Å². The molecule has 0 amide bonds. The van der Waals surface area contributed by atoms with Crippen LogP contribution in [0.3, 0.4) is 0 Å². The minimum atomic E-state index is -0.828. The molecule has 0 saturated carbocycles. The number of likely N-dealkylation sites (N-methyl/N-ethyl adjacent to an activating group) is 1. The van der Waals surface area contributed by atoms with Gasteiger partial charge < -0.3 is 14.7 Å². The molecule has 1 aliphatic heterocycles. The standard InChI is InChI=1S/C15H21NO3/c1-16-9-5-4-7-13(16)11-19-14-8-3-2-6-12(14)10-15(17)18/h2-3,6,8,13H,4-5,7,9-11H2,1H3,(H,17,18). The second kappa shape index (κ2) is 6.57. The third-order valence-corrected chi connectivity index (χ3v) is 3.67. The van der Waals surface area contributed by atoms with Gasteiger partial charge in [0.1, 0.15) is 12.4 Å². The number of carboxylic acid groups (broad SMARTS) is 1. The summed E-state index contributed by atoms with van der Waals surface area (Å²) < 4.78 is 5.84. The number of carbonyl (C=O) groups is 1. The van der Waals surface area contributed by atoms with E-state index in [1.165, 1.54) is 12.8 Å². The lowest BCUT2D eigenvalue weighted by Crippen LogP contribution is -2.40. The van der Waals surface area contributed by atoms with Crippen LogP contribution in [-0.2, 0) is 11.2 Å². The monoisotopic (exact) mass is 263 g/mol. The SMILES string of the molecule is CN1CCCCC1COc1ccccc1CC(=O)O. The molecule has 0 spiro atoms. The number of piperidine rings is 1. The van der Waals surface area contributed by atoms with Crippen LogP contribution in [0.5, 0.6) is 5.75 Å². The van der Waals surface area contributed by atoms with Crippen molar-refractivity contribution in [3.05, 3.63) is 29.8 Å². The van der Waals surface area contributed by atoms with E-state index in [1.54, 1.807) is 0 Å². The molecule has 1 fully saturated rings. The molecule has 0 radical (unpaired) electrons. The van der Waals surface area contributed by atoms with Gasteiger partial charge >= 0.3 is 5.97 Å². The predicted molar refractivity (Wildman–Crippen MR) is 73.5 cm³/mol. The van der Waals surface area contributed by atoms with E-state index in [2.05, 4.69) is 11.9 Å². The van der Waals surface area contributed by atoms with E-state index in [0.29, 0.717) is 18.4 Å². The highest BCUT2D eigenvalue weighted by atomic mass is 16.5. The van der Waals surface area contributed by atoms with E-state index in [9.17, 15) is 4.79 Å². The quantitative estimate of drug-likeness (QED) is 0.884. The van der Waals surface area contributed by atoms with E-state index in [0.717, 1.165) is 18.5 Å². The topological polar surface area (TPSA) is 49.8 Å². The van der Waals surface area contributed by atoms with Gasteiger partial charge in [-0.25, -0.2) is 0 Å². The maximum absolute atomic E-state index is 10.8. The zero-order valence-corrected chi connectivity index (χ0v) is 11.3. The fourth-order valence-electron chi connectivity index (χ4n) is 2.49. The van der Waals surface area contributed by atoms with E-state index in [-0.39, 0.29) is 6.42 Å². The van der Waals surface area contributed by atoms with Gasteiger partial charge in [-0.15, -0.1) is 0 Å². The van der Waals surface area contributed by atoms with Crippen molar-refractivity contribution in [1.82, 2.24) is 4.90 Å². The Morgan fingerprint density at radius 2 is 2.21 bits per heavy atom. The second-order valence-corrected chi connectivity index (χ2v) is 5.12. The van der Waals surface area contributed by atoms with Crippen LogP contribution in [0.4, 0.5) is 0 Å². The molecule has 1 aromatic carbocycles. The predicted octanol–water partition coefficient (Wildman–Crippen LogP) is 2.18. The summed E-state index contributed by atoms with van der Waals surface area (Å²) in [7, 11) is 2.12. The molecule has 1 saturated heterocycles. The number of hydrogen-bond acceptors (Lipinski definition) is 3. The van der Waals surface area contributed by atoms with Crippen LogP contribution >= 0.6 is 0 Å². The number of rotatable bonds is 5. The third kappa shape index (κ3) is 3.96. The summed E-state index contributed by atoms with van der Waals surface area (Å²) in [5, 5.41) is 8.89. The molecular weight excluding hydrogens is 242 g/mol. The van der Waals surface area contributed by atoms with Crippen molar-refractivity contribution >= 4 is 5.97 Å². The number of nitrogens with zero attached hydrogens (tertiary/aromatic N) is 1. The number of ether oxygens (including phenoxy) is 1. The van der Waals surface area contributed by atoms with Gasteiger partial charge in [0, 0.05) is 11.6 Å². The average molecular weight is 263 g/mol. The van der Waals surface area contributed by atoms with Gasteiger partial charge in [-0.2, -0.15) is 0 Å².